The summed E-state index contributed by atoms with van der Waals surface area (Å²) in [5, 5.41) is 0.504. The highest BCUT2D eigenvalue weighted by atomic mass is 35.5. The molecule has 0 aliphatic carbocycles. The Balaban J connectivity index is 2.15. The molecular formula is C13H13ClFN3. The SMILES string of the molecule is NC1CCCc2c(Cl)nc(-c3ccc(F)cc3)n21. The summed E-state index contributed by atoms with van der Waals surface area (Å²) in [6.45, 7) is 0. The van der Waals surface area contributed by atoms with Crippen LogP contribution in [0.2, 0.25) is 5.15 Å². The molecule has 94 valence electrons. The Morgan fingerprint density at radius 1 is 1.33 bits per heavy atom. The van der Waals surface area contributed by atoms with Crippen molar-refractivity contribution in [2.75, 3.05) is 0 Å². The molecule has 0 fully saturated rings. The maximum atomic E-state index is 12.9. The molecule has 18 heavy (non-hydrogen) atoms. The maximum absolute atomic E-state index is 12.9. The van der Waals surface area contributed by atoms with Crippen LogP contribution >= 0.6 is 11.6 Å². The lowest BCUT2D eigenvalue weighted by Gasteiger charge is -2.23. The summed E-state index contributed by atoms with van der Waals surface area (Å²) >= 11 is 6.15. The number of nitrogens with zero attached hydrogens (tertiary/aromatic N) is 2. The summed E-state index contributed by atoms with van der Waals surface area (Å²) in [7, 11) is 0. The highest BCUT2D eigenvalue weighted by Crippen LogP contribution is 2.33. The second-order valence-corrected chi connectivity index (χ2v) is 4.87. The van der Waals surface area contributed by atoms with Crippen molar-refractivity contribution in [2.24, 2.45) is 5.73 Å². The van der Waals surface area contributed by atoms with E-state index in [4.69, 9.17) is 17.3 Å². The molecule has 1 unspecified atom stereocenters. The van der Waals surface area contributed by atoms with Gasteiger partial charge in [-0.15, -0.1) is 0 Å². The first-order valence-corrected chi connectivity index (χ1v) is 6.33. The van der Waals surface area contributed by atoms with E-state index in [0.29, 0.717) is 5.15 Å². The molecular weight excluding hydrogens is 253 g/mol. The standard InChI is InChI=1S/C13H13ClFN3/c14-12-10-2-1-3-11(16)18(10)13(17-12)8-4-6-9(15)7-5-8/h4-7,11H,1-3,16H2. The Kier molecular flexibility index (Phi) is 2.84. The largest absolute Gasteiger partial charge is 0.311 e. The van der Waals surface area contributed by atoms with E-state index in [1.165, 1.54) is 12.1 Å². The first-order chi connectivity index (χ1) is 8.66. The topological polar surface area (TPSA) is 43.8 Å². The molecule has 2 heterocycles. The van der Waals surface area contributed by atoms with Crippen LogP contribution in [0.1, 0.15) is 24.7 Å². The lowest BCUT2D eigenvalue weighted by atomic mass is 10.1. The van der Waals surface area contributed by atoms with E-state index >= 15 is 0 Å². The average Bonchev–Trinajstić information content (AvgIpc) is 2.70. The predicted octanol–water partition coefficient (Wildman–Crippen LogP) is 3.14. The molecule has 1 aromatic carbocycles. The molecule has 1 aliphatic heterocycles. The lowest BCUT2D eigenvalue weighted by molar-refractivity contribution is 0.418. The van der Waals surface area contributed by atoms with E-state index in [-0.39, 0.29) is 12.0 Å². The van der Waals surface area contributed by atoms with E-state index in [0.717, 1.165) is 36.3 Å². The third-order valence-electron chi connectivity index (χ3n) is 3.31. The van der Waals surface area contributed by atoms with Crippen LogP contribution in [0.15, 0.2) is 24.3 Å². The number of fused-ring (bicyclic) bond motifs is 1. The Labute approximate surface area is 109 Å². The average molecular weight is 266 g/mol. The van der Waals surface area contributed by atoms with Crippen molar-refractivity contribution >= 4 is 11.6 Å². The van der Waals surface area contributed by atoms with Gasteiger partial charge >= 0.3 is 0 Å². The minimum absolute atomic E-state index is 0.103. The molecule has 0 bridgehead atoms. The molecule has 1 aliphatic rings. The van der Waals surface area contributed by atoms with E-state index in [1.54, 1.807) is 12.1 Å². The molecule has 0 saturated heterocycles. The van der Waals surface area contributed by atoms with Gasteiger partial charge < -0.3 is 10.3 Å². The molecule has 2 N–H and O–H groups in total. The summed E-state index contributed by atoms with van der Waals surface area (Å²) in [6.07, 6.45) is 2.72. The normalized spacial score (nSPS) is 18.7. The van der Waals surface area contributed by atoms with Crippen LogP contribution in [0.25, 0.3) is 11.4 Å². The number of nitrogens with two attached hydrogens (primary N) is 1. The fourth-order valence-corrected chi connectivity index (χ4v) is 2.70. The molecule has 3 rings (SSSR count). The quantitative estimate of drug-likeness (QED) is 0.861. The Bertz CT molecular complexity index is 577. The van der Waals surface area contributed by atoms with Gasteiger partial charge in [-0.2, -0.15) is 0 Å². The minimum atomic E-state index is -0.264. The van der Waals surface area contributed by atoms with Crippen molar-refractivity contribution in [2.45, 2.75) is 25.4 Å². The van der Waals surface area contributed by atoms with Gasteiger partial charge in [-0.3, -0.25) is 0 Å². The number of benzene rings is 1. The van der Waals surface area contributed by atoms with E-state index in [9.17, 15) is 4.39 Å². The molecule has 3 nitrogen and oxygen atoms in total. The van der Waals surface area contributed by atoms with Gasteiger partial charge in [-0.1, -0.05) is 11.6 Å². The van der Waals surface area contributed by atoms with Crippen LogP contribution < -0.4 is 5.73 Å². The summed E-state index contributed by atoms with van der Waals surface area (Å²) in [6, 6.07) is 6.23. The van der Waals surface area contributed by atoms with Crippen molar-refractivity contribution in [3.63, 3.8) is 0 Å². The predicted molar refractivity (Wildman–Crippen MR) is 68.8 cm³/mol. The van der Waals surface area contributed by atoms with Crippen molar-refractivity contribution < 1.29 is 4.39 Å². The number of aromatic nitrogens is 2. The highest BCUT2D eigenvalue weighted by Gasteiger charge is 2.24. The number of halogens is 2. The third kappa shape index (κ3) is 1.82. The smallest absolute Gasteiger partial charge is 0.151 e. The first kappa shape index (κ1) is 11.7. The molecule has 5 heteroatoms. The van der Waals surface area contributed by atoms with Crippen LogP contribution in [0.5, 0.6) is 0 Å². The second kappa shape index (κ2) is 4.37. The summed E-state index contributed by atoms with van der Waals surface area (Å²) in [4.78, 5) is 4.37. The van der Waals surface area contributed by atoms with Crippen molar-refractivity contribution in [3.8, 4) is 11.4 Å². The highest BCUT2D eigenvalue weighted by molar-refractivity contribution is 6.30. The van der Waals surface area contributed by atoms with Crippen LogP contribution in [0.4, 0.5) is 4.39 Å². The van der Waals surface area contributed by atoms with Crippen molar-refractivity contribution in [1.82, 2.24) is 9.55 Å². The summed E-state index contributed by atoms with van der Waals surface area (Å²) in [5.74, 6) is 0.460. The zero-order chi connectivity index (χ0) is 12.7. The van der Waals surface area contributed by atoms with Crippen LogP contribution in [0, 0.1) is 5.82 Å². The minimum Gasteiger partial charge on any atom is -0.311 e. The van der Waals surface area contributed by atoms with Gasteiger partial charge in [-0.05, 0) is 43.5 Å². The molecule has 0 saturated carbocycles. The lowest BCUT2D eigenvalue weighted by Crippen LogP contribution is -2.25. The third-order valence-corrected chi connectivity index (χ3v) is 3.61. The number of hydrogen-bond acceptors (Lipinski definition) is 2. The molecule has 0 spiro atoms. The monoisotopic (exact) mass is 265 g/mol. The Hall–Kier alpha value is -1.39. The first-order valence-electron chi connectivity index (χ1n) is 5.95. The van der Waals surface area contributed by atoms with Gasteiger partial charge in [0.05, 0.1) is 11.9 Å². The fourth-order valence-electron chi connectivity index (χ4n) is 2.43. The Morgan fingerprint density at radius 3 is 2.78 bits per heavy atom. The molecule has 2 aromatic rings. The zero-order valence-corrected chi connectivity index (χ0v) is 10.5. The van der Waals surface area contributed by atoms with Gasteiger partial charge in [0, 0.05) is 5.56 Å². The number of hydrogen-bond donors (Lipinski definition) is 1. The van der Waals surface area contributed by atoms with Gasteiger partial charge in [0.2, 0.25) is 0 Å². The summed E-state index contributed by atoms with van der Waals surface area (Å²) < 4.78 is 14.9. The second-order valence-electron chi connectivity index (χ2n) is 4.51. The van der Waals surface area contributed by atoms with Gasteiger partial charge in [0.15, 0.2) is 5.15 Å². The van der Waals surface area contributed by atoms with E-state index in [2.05, 4.69) is 4.98 Å². The van der Waals surface area contributed by atoms with E-state index in [1.807, 2.05) is 4.57 Å². The fraction of sp³-hybridized carbons (Fsp3) is 0.308. The van der Waals surface area contributed by atoms with Crippen molar-refractivity contribution in [1.29, 1.82) is 0 Å². The van der Waals surface area contributed by atoms with Crippen LogP contribution in [-0.2, 0) is 6.42 Å². The van der Waals surface area contributed by atoms with Crippen LogP contribution in [0.3, 0.4) is 0 Å². The van der Waals surface area contributed by atoms with Gasteiger partial charge in [0.25, 0.3) is 0 Å². The summed E-state index contributed by atoms with van der Waals surface area (Å²) in [5.41, 5.74) is 7.93. The number of rotatable bonds is 1. The van der Waals surface area contributed by atoms with Gasteiger partial charge in [-0.25, -0.2) is 9.37 Å². The zero-order valence-electron chi connectivity index (χ0n) is 9.74. The van der Waals surface area contributed by atoms with E-state index < -0.39 is 0 Å². The molecule has 1 aromatic heterocycles. The van der Waals surface area contributed by atoms with Crippen LogP contribution in [-0.4, -0.2) is 9.55 Å². The Morgan fingerprint density at radius 2 is 2.06 bits per heavy atom. The van der Waals surface area contributed by atoms with Crippen molar-refractivity contribution in [3.05, 3.63) is 40.9 Å². The molecule has 1 atom stereocenters. The molecule has 0 amide bonds. The van der Waals surface area contributed by atoms with Gasteiger partial charge in [0.1, 0.15) is 11.6 Å². The number of imidazole rings is 1. The molecule has 0 radical (unpaired) electrons. The maximum Gasteiger partial charge on any atom is 0.151 e.